The van der Waals surface area contributed by atoms with Gasteiger partial charge >= 0.3 is 0 Å². The number of amides is 1. The zero-order chi connectivity index (χ0) is 17.8. The van der Waals surface area contributed by atoms with Gasteiger partial charge in [0.1, 0.15) is 5.75 Å². The zero-order valence-electron chi connectivity index (χ0n) is 12.6. The van der Waals surface area contributed by atoms with Gasteiger partial charge in [0.05, 0.1) is 11.3 Å². The third kappa shape index (κ3) is 4.66. The van der Waals surface area contributed by atoms with Gasteiger partial charge in [0, 0.05) is 15.7 Å². The lowest BCUT2D eigenvalue weighted by Crippen LogP contribution is -2.13. The van der Waals surface area contributed by atoms with Crippen molar-refractivity contribution >= 4 is 46.6 Å². The number of carbonyl (C=O) groups excluding carboxylic acids is 1. The van der Waals surface area contributed by atoms with Gasteiger partial charge in [-0.05, 0) is 30.3 Å². The van der Waals surface area contributed by atoms with Crippen LogP contribution in [0.25, 0.3) is 11.5 Å². The molecule has 2 N–H and O–H groups in total. The zero-order valence-corrected chi connectivity index (χ0v) is 14.9. The average molecular weight is 396 g/mol. The number of thioether (sulfide) groups is 1. The molecule has 0 saturated heterocycles. The van der Waals surface area contributed by atoms with E-state index >= 15 is 0 Å². The Labute approximate surface area is 157 Å². The maximum Gasteiger partial charge on any atom is 0.277 e. The van der Waals surface area contributed by atoms with E-state index in [-0.39, 0.29) is 28.5 Å². The molecule has 1 heterocycles. The Morgan fingerprint density at radius 2 is 1.88 bits per heavy atom. The molecule has 0 aliphatic heterocycles. The minimum atomic E-state index is -0.273. The number of rotatable bonds is 5. The van der Waals surface area contributed by atoms with Gasteiger partial charge in [0.15, 0.2) is 0 Å². The Balaban J connectivity index is 1.60. The molecule has 0 unspecified atom stereocenters. The van der Waals surface area contributed by atoms with Crippen LogP contribution in [0.5, 0.6) is 5.75 Å². The first-order valence-corrected chi connectivity index (χ1v) is 8.76. The maximum absolute atomic E-state index is 12.0. The lowest BCUT2D eigenvalue weighted by molar-refractivity contribution is -0.113. The predicted molar refractivity (Wildman–Crippen MR) is 97.2 cm³/mol. The van der Waals surface area contributed by atoms with E-state index in [2.05, 4.69) is 15.5 Å². The van der Waals surface area contributed by atoms with Crippen LogP contribution in [0.15, 0.2) is 52.1 Å². The molecule has 0 spiro atoms. The quantitative estimate of drug-likeness (QED) is 0.619. The smallest absolute Gasteiger partial charge is 0.277 e. The van der Waals surface area contributed by atoms with Crippen LogP contribution in [0.1, 0.15) is 0 Å². The summed E-state index contributed by atoms with van der Waals surface area (Å²) in [5, 5.41) is 21.3. The minimum Gasteiger partial charge on any atom is -0.507 e. The van der Waals surface area contributed by atoms with Crippen LogP contribution in [0, 0.1) is 0 Å². The van der Waals surface area contributed by atoms with Crippen LogP contribution in [0.2, 0.25) is 10.0 Å². The van der Waals surface area contributed by atoms with Gasteiger partial charge in [0.25, 0.3) is 11.1 Å². The topological polar surface area (TPSA) is 88.2 Å². The Kier molecular flexibility index (Phi) is 5.47. The lowest BCUT2D eigenvalue weighted by Gasteiger charge is -2.05. The van der Waals surface area contributed by atoms with Crippen LogP contribution >= 0.6 is 35.0 Å². The fourth-order valence-corrected chi connectivity index (χ4v) is 3.07. The number of nitrogens with zero attached hydrogens (tertiary/aromatic N) is 2. The number of hydrogen-bond acceptors (Lipinski definition) is 6. The second-order valence-corrected chi connectivity index (χ2v) is 6.68. The Hall–Kier alpha value is -2.22. The average Bonchev–Trinajstić information content (AvgIpc) is 3.01. The van der Waals surface area contributed by atoms with E-state index in [0.29, 0.717) is 21.3 Å². The van der Waals surface area contributed by atoms with Crippen molar-refractivity contribution in [2.24, 2.45) is 0 Å². The molecular weight excluding hydrogens is 385 g/mol. The van der Waals surface area contributed by atoms with Crippen LogP contribution in [-0.2, 0) is 4.79 Å². The van der Waals surface area contributed by atoms with E-state index in [9.17, 15) is 9.90 Å². The highest BCUT2D eigenvalue weighted by Crippen LogP contribution is 2.29. The SMILES string of the molecule is O=C(CSc1nnc(-c2ccccc2O)o1)Nc1cc(Cl)cc(Cl)c1. The summed E-state index contributed by atoms with van der Waals surface area (Å²) >= 11 is 12.8. The number of aromatic nitrogens is 2. The van der Waals surface area contributed by atoms with E-state index in [4.69, 9.17) is 27.6 Å². The number of benzene rings is 2. The number of hydrogen-bond donors (Lipinski definition) is 2. The molecule has 2 aromatic carbocycles. The molecule has 3 aromatic rings. The van der Waals surface area contributed by atoms with Gasteiger partial charge < -0.3 is 14.8 Å². The van der Waals surface area contributed by atoms with E-state index in [0.717, 1.165) is 11.8 Å². The Morgan fingerprint density at radius 1 is 1.16 bits per heavy atom. The number of halogens is 2. The van der Waals surface area contributed by atoms with E-state index in [1.165, 1.54) is 6.07 Å². The van der Waals surface area contributed by atoms with E-state index in [1.807, 2.05) is 0 Å². The molecule has 9 heteroatoms. The fraction of sp³-hybridized carbons (Fsp3) is 0.0625. The van der Waals surface area contributed by atoms with Gasteiger partial charge in [-0.3, -0.25) is 4.79 Å². The highest BCUT2D eigenvalue weighted by atomic mass is 35.5. The molecule has 0 aliphatic carbocycles. The van der Waals surface area contributed by atoms with Crippen LogP contribution < -0.4 is 5.32 Å². The number of anilines is 1. The Bertz CT molecular complexity index is 897. The van der Waals surface area contributed by atoms with Crippen molar-refractivity contribution in [1.29, 1.82) is 0 Å². The molecule has 1 aromatic heterocycles. The first kappa shape index (κ1) is 17.6. The summed E-state index contributed by atoms with van der Waals surface area (Å²) in [6.07, 6.45) is 0. The standard InChI is InChI=1S/C16H11Cl2N3O3S/c17-9-5-10(18)7-11(6-9)19-14(23)8-25-16-21-20-15(24-16)12-3-1-2-4-13(12)22/h1-7,22H,8H2,(H,19,23). The summed E-state index contributed by atoms with van der Waals surface area (Å²) in [5.74, 6) is 0.0126. The van der Waals surface area contributed by atoms with Gasteiger partial charge in [-0.15, -0.1) is 10.2 Å². The molecule has 3 rings (SSSR count). The van der Waals surface area contributed by atoms with E-state index in [1.54, 1.807) is 36.4 Å². The van der Waals surface area contributed by atoms with Crippen LogP contribution in [-0.4, -0.2) is 27.0 Å². The highest BCUT2D eigenvalue weighted by Gasteiger charge is 2.14. The van der Waals surface area contributed by atoms with Crippen molar-refractivity contribution in [3.63, 3.8) is 0 Å². The molecule has 0 aliphatic rings. The maximum atomic E-state index is 12.0. The third-order valence-electron chi connectivity index (χ3n) is 3.01. The normalized spacial score (nSPS) is 10.6. The Morgan fingerprint density at radius 3 is 2.60 bits per heavy atom. The van der Waals surface area contributed by atoms with Crippen LogP contribution in [0.4, 0.5) is 5.69 Å². The largest absolute Gasteiger partial charge is 0.507 e. The van der Waals surface area contributed by atoms with Crippen molar-refractivity contribution in [3.05, 3.63) is 52.5 Å². The van der Waals surface area contributed by atoms with Crippen molar-refractivity contribution < 1.29 is 14.3 Å². The molecule has 0 bridgehead atoms. The van der Waals surface area contributed by atoms with Crippen LogP contribution in [0.3, 0.4) is 0 Å². The van der Waals surface area contributed by atoms with Gasteiger partial charge in [0.2, 0.25) is 5.91 Å². The first-order chi connectivity index (χ1) is 12.0. The predicted octanol–water partition coefficient (Wildman–Crippen LogP) is 4.48. The highest BCUT2D eigenvalue weighted by molar-refractivity contribution is 7.99. The van der Waals surface area contributed by atoms with Gasteiger partial charge in [-0.25, -0.2) is 0 Å². The second-order valence-electron chi connectivity index (χ2n) is 4.89. The summed E-state index contributed by atoms with van der Waals surface area (Å²) in [4.78, 5) is 12.0. The van der Waals surface area contributed by atoms with E-state index < -0.39 is 0 Å². The molecule has 6 nitrogen and oxygen atoms in total. The van der Waals surface area contributed by atoms with Crippen molar-refractivity contribution in [3.8, 4) is 17.2 Å². The molecule has 25 heavy (non-hydrogen) atoms. The van der Waals surface area contributed by atoms with Gasteiger partial charge in [-0.1, -0.05) is 47.1 Å². The number of phenols is 1. The molecule has 128 valence electrons. The number of phenolic OH excluding ortho intramolecular Hbond substituents is 1. The van der Waals surface area contributed by atoms with Crippen molar-refractivity contribution in [2.45, 2.75) is 5.22 Å². The molecule has 0 fully saturated rings. The summed E-state index contributed by atoms with van der Waals surface area (Å²) in [7, 11) is 0. The van der Waals surface area contributed by atoms with Crippen molar-refractivity contribution in [2.75, 3.05) is 11.1 Å². The fourth-order valence-electron chi connectivity index (χ4n) is 1.98. The molecule has 0 saturated carbocycles. The summed E-state index contributed by atoms with van der Waals surface area (Å²) in [6.45, 7) is 0. The lowest BCUT2D eigenvalue weighted by atomic mass is 10.2. The van der Waals surface area contributed by atoms with Crippen molar-refractivity contribution in [1.82, 2.24) is 10.2 Å². The first-order valence-electron chi connectivity index (χ1n) is 7.02. The second kappa shape index (κ2) is 7.77. The monoisotopic (exact) mass is 395 g/mol. The third-order valence-corrected chi connectivity index (χ3v) is 4.27. The molecular formula is C16H11Cl2N3O3S. The molecule has 1 amide bonds. The minimum absolute atomic E-state index is 0.0401. The number of carbonyl (C=O) groups is 1. The molecule has 0 atom stereocenters. The summed E-state index contributed by atoms with van der Waals surface area (Å²) in [5.41, 5.74) is 0.934. The number of aromatic hydroxyl groups is 1. The number of nitrogens with one attached hydrogen (secondary N) is 1. The summed E-state index contributed by atoms with van der Waals surface area (Å²) < 4.78 is 5.45. The summed E-state index contributed by atoms with van der Waals surface area (Å²) in [6, 6.07) is 11.4. The number of para-hydroxylation sites is 1. The molecule has 0 radical (unpaired) electrons. The van der Waals surface area contributed by atoms with Gasteiger partial charge in [-0.2, -0.15) is 0 Å².